The van der Waals surface area contributed by atoms with Gasteiger partial charge in [-0.15, -0.1) is 0 Å². The molecule has 0 aliphatic carbocycles. The molecule has 0 radical (unpaired) electrons. The Labute approximate surface area is 104 Å². The highest BCUT2D eigenvalue weighted by molar-refractivity contribution is 9.10. The van der Waals surface area contributed by atoms with Crippen molar-refractivity contribution in [1.29, 1.82) is 0 Å². The van der Waals surface area contributed by atoms with E-state index >= 15 is 0 Å². The number of aromatic amines is 1. The molecule has 0 bridgehead atoms. The van der Waals surface area contributed by atoms with E-state index in [1.165, 1.54) is 7.11 Å². The molecular weight excluding hydrogens is 272 g/mol. The number of hydrogen-bond acceptors (Lipinski definition) is 2. The lowest BCUT2D eigenvalue weighted by molar-refractivity contribution is 0.0793. The molecule has 0 atom stereocenters. The average Bonchev–Trinajstić information content (AvgIpc) is 2.57. The number of ether oxygens (including phenoxy) is 1. The number of hydrogen-bond donors (Lipinski definition) is 1. The van der Waals surface area contributed by atoms with Crippen LogP contribution in [0.4, 0.5) is 4.79 Å². The first-order chi connectivity index (χ1) is 7.34. The summed E-state index contributed by atoms with van der Waals surface area (Å²) >= 11 is 3.34. The summed E-state index contributed by atoms with van der Waals surface area (Å²) in [5, 5.41) is 0. The first-order valence-electron chi connectivity index (χ1n) is 5.03. The van der Waals surface area contributed by atoms with Gasteiger partial charge in [0.05, 0.1) is 18.3 Å². The Morgan fingerprint density at radius 1 is 1.56 bits per heavy atom. The van der Waals surface area contributed by atoms with E-state index in [4.69, 9.17) is 4.74 Å². The van der Waals surface area contributed by atoms with Gasteiger partial charge in [0.25, 0.3) is 0 Å². The molecule has 0 fully saturated rings. The second-order valence-electron chi connectivity index (χ2n) is 4.58. The molecule has 0 unspecified atom stereocenters. The number of carbonyl (C=O) groups is 1. The summed E-state index contributed by atoms with van der Waals surface area (Å²) in [4.78, 5) is 16.4. The van der Waals surface area contributed by atoms with Crippen LogP contribution >= 0.6 is 15.9 Å². The van der Waals surface area contributed by atoms with Gasteiger partial charge >= 0.3 is 6.09 Å². The lowest BCUT2D eigenvalue weighted by Gasteiger charge is -2.34. The van der Waals surface area contributed by atoms with Gasteiger partial charge in [0.2, 0.25) is 0 Å². The zero-order valence-corrected chi connectivity index (χ0v) is 11.6. The van der Waals surface area contributed by atoms with E-state index < -0.39 is 0 Å². The number of nitrogens with zero attached hydrogens (tertiary/aromatic N) is 1. The van der Waals surface area contributed by atoms with Crippen LogP contribution in [0.3, 0.4) is 0 Å². The van der Waals surface area contributed by atoms with Gasteiger partial charge in [0, 0.05) is 11.7 Å². The minimum Gasteiger partial charge on any atom is -0.453 e. The van der Waals surface area contributed by atoms with Crippen molar-refractivity contribution in [2.45, 2.75) is 32.9 Å². The monoisotopic (exact) mass is 288 g/mol. The van der Waals surface area contributed by atoms with Crippen molar-refractivity contribution in [3.05, 3.63) is 22.4 Å². The second-order valence-corrected chi connectivity index (χ2v) is 5.44. The minimum atomic E-state index is -0.315. The van der Waals surface area contributed by atoms with Crippen molar-refractivity contribution in [2.24, 2.45) is 0 Å². The number of amides is 1. The fourth-order valence-electron chi connectivity index (χ4n) is 1.37. The Morgan fingerprint density at radius 3 is 2.56 bits per heavy atom. The largest absolute Gasteiger partial charge is 0.453 e. The van der Waals surface area contributed by atoms with Crippen molar-refractivity contribution < 1.29 is 9.53 Å². The Hall–Kier alpha value is -0.970. The fraction of sp³-hybridized carbons (Fsp3) is 0.545. The van der Waals surface area contributed by atoms with Gasteiger partial charge in [-0.2, -0.15) is 0 Å². The van der Waals surface area contributed by atoms with E-state index in [9.17, 15) is 4.79 Å². The summed E-state index contributed by atoms with van der Waals surface area (Å²) in [5.74, 6) is 0. The predicted molar refractivity (Wildman–Crippen MR) is 66.2 cm³/mol. The summed E-state index contributed by atoms with van der Waals surface area (Å²) in [6.07, 6.45) is 1.55. The lowest BCUT2D eigenvalue weighted by Crippen LogP contribution is -2.44. The summed E-state index contributed by atoms with van der Waals surface area (Å²) in [6, 6.07) is 1.95. The second kappa shape index (κ2) is 4.91. The van der Waals surface area contributed by atoms with Gasteiger partial charge < -0.3 is 9.72 Å². The third-order valence-corrected chi connectivity index (χ3v) is 2.71. The van der Waals surface area contributed by atoms with E-state index in [2.05, 4.69) is 20.9 Å². The van der Waals surface area contributed by atoms with Gasteiger partial charge in [-0.25, -0.2) is 4.79 Å². The zero-order chi connectivity index (χ0) is 12.3. The van der Waals surface area contributed by atoms with Gasteiger partial charge in [0.15, 0.2) is 0 Å². The van der Waals surface area contributed by atoms with Crippen molar-refractivity contribution in [2.75, 3.05) is 7.11 Å². The summed E-state index contributed by atoms with van der Waals surface area (Å²) in [6.45, 7) is 6.46. The predicted octanol–water partition coefficient (Wildman–Crippen LogP) is 3.14. The van der Waals surface area contributed by atoms with Gasteiger partial charge in [0.1, 0.15) is 0 Å². The highest BCUT2D eigenvalue weighted by Crippen LogP contribution is 2.20. The molecule has 0 aromatic carbocycles. The molecule has 1 aromatic rings. The SMILES string of the molecule is COC(=O)N(Cc1c[nH]c(Br)c1)C(C)(C)C. The fourth-order valence-corrected chi connectivity index (χ4v) is 1.78. The quantitative estimate of drug-likeness (QED) is 0.909. The molecular formula is C11H17BrN2O2. The van der Waals surface area contributed by atoms with Gasteiger partial charge in [-0.05, 0) is 48.3 Å². The molecule has 0 aliphatic rings. The Kier molecular flexibility index (Phi) is 4.02. The maximum Gasteiger partial charge on any atom is 0.410 e. The van der Waals surface area contributed by atoms with Crippen LogP contribution in [0.1, 0.15) is 26.3 Å². The number of H-pyrrole nitrogens is 1. The normalized spacial score (nSPS) is 11.3. The minimum absolute atomic E-state index is 0.267. The van der Waals surface area contributed by atoms with Crippen LogP contribution in [0.15, 0.2) is 16.9 Å². The molecule has 5 heteroatoms. The number of rotatable bonds is 2. The molecule has 1 aromatic heterocycles. The third kappa shape index (κ3) is 3.27. The highest BCUT2D eigenvalue weighted by atomic mass is 79.9. The van der Waals surface area contributed by atoms with Crippen molar-refractivity contribution in [3.63, 3.8) is 0 Å². The molecule has 1 heterocycles. The molecule has 0 saturated heterocycles. The van der Waals surface area contributed by atoms with E-state index in [-0.39, 0.29) is 11.6 Å². The number of methoxy groups -OCH3 is 1. The van der Waals surface area contributed by atoms with Crippen LogP contribution in [0.5, 0.6) is 0 Å². The molecule has 0 spiro atoms. The zero-order valence-electron chi connectivity index (χ0n) is 10.0. The van der Waals surface area contributed by atoms with Crippen LogP contribution in [0.25, 0.3) is 0 Å². The first-order valence-corrected chi connectivity index (χ1v) is 5.82. The van der Waals surface area contributed by atoms with Crippen LogP contribution in [0, 0.1) is 0 Å². The molecule has 16 heavy (non-hydrogen) atoms. The average molecular weight is 289 g/mol. The molecule has 1 N–H and O–H groups in total. The highest BCUT2D eigenvalue weighted by Gasteiger charge is 2.27. The lowest BCUT2D eigenvalue weighted by atomic mass is 10.1. The smallest absolute Gasteiger partial charge is 0.410 e. The van der Waals surface area contributed by atoms with Crippen molar-refractivity contribution in [1.82, 2.24) is 9.88 Å². The molecule has 90 valence electrons. The Morgan fingerprint density at radius 2 is 2.19 bits per heavy atom. The summed E-state index contributed by atoms with van der Waals surface area (Å²) < 4.78 is 5.69. The van der Waals surface area contributed by atoms with Crippen LogP contribution in [0.2, 0.25) is 0 Å². The summed E-state index contributed by atoms with van der Waals surface area (Å²) in [5.41, 5.74) is 0.767. The Balaban J connectivity index is 2.83. The summed E-state index contributed by atoms with van der Waals surface area (Å²) in [7, 11) is 1.40. The first kappa shape index (κ1) is 13.1. The number of carbonyl (C=O) groups excluding carboxylic acids is 1. The van der Waals surface area contributed by atoms with Crippen LogP contribution < -0.4 is 0 Å². The number of nitrogens with one attached hydrogen (secondary N) is 1. The molecule has 1 amide bonds. The van der Waals surface area contributed by atoms with Crippen molar-refractivity contribution >= 4 is 22.0 Å². The topological polar surface area (TPSA) is 45.3 Å². The van der Waals surface area contributed by atoms with Gasteiger partial charge in [-0.3, -0.25) is 4.90 Å². The van der Waals surface area contributed by atoms with Crippen molar-refractivity contribution in [3.8, 4) is 0 Å². The number of halogens is 1. The van der Waals surface area contributed by atoms with E-state index in [0.717, 1.165) is 10.2 Å². The van der Waals surface area contributed by atoms with Crippen LogP contribution in [-0.4, -0.2) is 28.6 Å². The maximum absolute atomic E-state index is 11.7. The maximum atomic E-state index is 11.7. The van der Waals surface area contributed by atoms with E-state index in [1.807, 2.05) is 33.0 Å². The van der Waals surface area contributed by atoms with E-state index in [0.29, 0.717) is 6.54 Å². The van der Waals surface area contributed by atoms with Gasteiger partial charge in [-0.1, -0.05) is 0 Å². The van der Waals surface area contributed by atoms with Crippen LogP contribution in [-0.2, 0) is 11.3 Å². The third-order valence-electron chi connectivity index (χ3n) is 2.25. The Bertz CT molecular complexity index is 368. The molecule has 0 saturated carbocycles. The van der Waals surface area contributed by atoms with E-state index in [1.54, 1.807) is 4.90 Å². The molecule has 1 rings (SSSR count). The molecule has 4 nitrogen and oxygen atoms in total. The standard InChI is InChI=1S/C11H17BrN2O2/c1-11(2,3)14(10(15)16-4)7-8-5-9(12)13-6-8/h5-6,13H,7H2,1-4H3. The number of aromatic nitrogens is 1. The molecule has 0 aliphatic heterocycles.